The molecule has 10 heteroatoms. The topological polar surface area (TPSA) is 84.1 Å². The Morgan fingerprint density at radius 3 is 2.62 bits per heavy atom. The molecule has 0 aliphatic carbocycles. The van der Waals surface area contributed by atoms with Crippen molar-refractivity contribution >= 4 is 28.3 Å². The van der Waals surface area contributed by atoms with Crippen molar-refractivity contribution in [1.29, 1.82) is 0 Å². The lowest BCUT2D eigenvalue weighted by Crippen LogP contribution is -2.39. The first-order valence-electron chi connectivity index (χ1n) is 9.44. The number of aryl methyl sites for hydroxylation is 1. The summed E-state index contributed by atoms with van der Waals surface area (Å²) in [6.07, 6.45) is 5.32. The van der Waals surface area contributed by atoms with Gasteiger partial charge in [0.1, 0.15) is 11.6 Å². The van der Waals surface area contributed by atoms with Gasteiger partial charge in [0, 0.05) is 36.2 Å². The molecular weight excluding hydrogens is 391 g/mol. The van der Waals surface area contributed by atoms with E-state index in [1.54, 1.807) is 29.0 Å². The molecule has 1 N–H and O–H groups in total. The van der Waals surface area contributed by atoms with Crippen LogP contribution in [0.4, 0.5) is 15.5 Å². The van der Waals surface area contributed by atoms with Gasteiger partial charge in [-0.15, -0.1) is 5.10 Å². The summed E-state index contributed by atoms with van der Waals surface area (Å²) in [6, 6.07) is 6.58. The molecule has 0 atom stereocenters. The van der Waals surface area contributed by atoms with Crippen molar-refractivity contribution in [1.82, 2.24) is 28.9 Å². The minimum atomic E-state index is -0.273. The molecule has 0 unspecified atom stereocenters. The van der Waals surface area contributed by atoms with Crippen LogP contribution in [-0.4, -0.2) is 48.1 Å². The Morgan fingerprint density at radius 2 is 1.90 bits per heavy atom. The summed E-state index contributed by atoms with van der Waals surface area (Å²) in [5.74, 6) is 1.13. The maximum Gasteiger partial charge on any atom is 0.243 e. The van der Waals surface area contributed by atoms with Crippen LogP contribution in [0.3, 0.4) is 0 Å². The molecular formula is C19H19FN8S. The smallest absolute Gasteiger partial charge is 0.243 e. The lowest BCUT2D eigenvalue weighted by atomic mass is 10.1. The van der Waals surface area contributed by atoms with E-state index < -0.39 is 0 Å². The second-order valence-electron chi connectivity index (χ2n) is 7.03. The fraction of sp³-hybridized carbons (Fsp3) is 0.316. The molecule has 5 rings (SSSR count). The van der Waals surface area contributed by atoms with E-state index in [2.05, 4.69) is 34.6 Å². The fourth-order valence-corrected chi connectivity index (χ4v) is 4.23. The predicted octanol–water partition coefficient (Wildman–Crippen LogP) is 3.17. The fourth-order valence-electron chi connectivity index (χ4n) is 3.51. The summed E-state index contributed by atoms with van der Waals surface area (Å²) < 4.78 is 19.2. The van der Waals surface area contributed by atoms with E-state index in [-0.39, 0.29) is 5.82 Å². The van der Waals surface area contributed by atoms with E-state index in [1.807, 2.05) is 6.92 Å². The standard InChI is InChI=1S/C19H19FN8S/c1-12-22-19(29-26-12)27-8-6-15(7-9-27)23-18-24-17-11-21-10-16(28(17)25-18)13-2-4-14(20)5-3-13/h2-5,10-11,15H,6-9H2,1H3,(H,23,25). The Hall–Kier alpha value is -3.14. The molecule has 4 heterocycles. The molecule has 8 nitrogen and oxygen atoms in total. The number of anilines is 2. The third-order valence-corrected chi connectivity index (χ3v) is 5.87. The Morgan fingerprint density at radius 1 is 1.10 bits per heavy atom. The second kappa shape index (κ2) is 7.36. The normalized spacial score (nSPS) is 15.2. The van der Waals surface area contributed by atoms with Crippen molar-refractivity contribution in [2.45, 2.75) is 25.8 Å². The monoisotopic (exact) mass is 410 g/mol. The summed E-state index contributed by atoms with van der Waals surface area (Å²) in [7, 11) is 0. The molecule has 1 saturated heterocycles. The first-order chi connectivity index (χ1) is 14.2. The number of fused-ring (bicyclic) bond motifs is 1. The third-order valence-electron chi connectivity index (χ3n) is 5.00. The Bertz CT molecular complexity index is 1130. The van der Waals surface area contributed by atoms with E-state index in [1.165, 1.54) is 23.7 Å². The lowest BCUT2D eigenvalue weighted by Gasteiger charge is -2.31. The maximum atomic E-state index is 13.2. The van der Waals surface area contributed by atoms with E-state index >= 15 is 0 Å². The number of benzene rings is 1. The van der Waals surface area contributed by atoms with Crippen LogP contribution in [0.25, 0.3) is 16.9 Å². The molecule has 1 aromatic carbocycles. The van der Waals surface area contributed by atoms with Crippen molar-refractivity contribution in [2.24, 2.45) is 0 Å². The molecule has 0 spiro atoms. The maximum absolute atomic E-state index is 13.2. The van der Waals surface area contributed by atoms with Crippen molar-refractivity contribution in [3.8, 4) is 11.3 Å². The van der Waals surface area contributed by atoms with E-state index in [0.29, 0.717) is 17.6 Å². The molecule has 0 radical (unpaired) electrons. The highest BCUT2D eigenvalue weighted by molar-refractivity contribution is 7.09. The lowest BCUT2D eigenvalue weighted by molar-refractivity contribution is 0.523. The zero-order valence-corrected chi connectivity index (χ0v) is 16.6. The number of piperidine rings is 1. The van der Waals surface area contributed by atoms with Gasteiger partial charge in [-0.1, -0.05) is 0 Å². The van der Waals surface area contributed by atoms with Gasteiger partial charge in [-0.2, -0.15) is 9.36 Å². The zero-order valence-electron chi connectivity index (χ0n) is 15.8. The highest BCUT2D eigenvalue weighted by atomic mass is 32.1. The second-order valence-corrected chi connectivity index (χ2v) is 7.76. The van der Waals surface area contributed by atoms with Gasteiger partial charge in [0.05, 0.1) is 18.1 Å². The molecule has 3 aromatic heterocycles. The first-order valence-corrected chi connectivity index (χ1v) is 10.2. The van der Waals surface area contributed by atoms with Crippen LogP contribution < -0.4 is 10.2 Å². The molecule has 1 aliphatic heterocycles. The largest absolute Gasteiger partial charge is 0.350 e. The van der Waals surface area contributed by atoms with Gasteiger partial charge < -0.3 is 10.2 Å². The van der Waals surface area contributed by atoms with Gasteiger partial charge in [0.2, 0.25) is 11.1 Å². The van der Waals surface area contributed by atoms with Crippen molar-refractivity contribution < 1.29 is 4.39 Å². The van der Waals surface area contributed by atoms with Gasteiger partial charge in [0.15, 0.2) is 5.65 Å². The van der Waals surface area contributed by atoms with E-state index in [4.69, 9.17) is 0 Å². The minimum absolute atomic E-state index is 0.273. The van der Waals surface area contributed by atoms with Crippen LogP contribution in [-0.2, 0) is 0 Å². The van der Waals surface area contributed by atoms with Crippen LogP contribution in [0.15, 0.2) is 36.7 Å². The zero-order chi connectivity index (χ0) is 19.8. The van der Waals surface area contributed by atoms with Crippen LogP contribution >= 0.6 is 11.5 Å². The molecule has 0 amide bonds. The van der Waals surface area contributed by atoms with Gasteiger partial charge in [-0.25, -0.2) is 13.9 Å². The van der Waals surface area contributed by atoms with Crippen LogP contribution in [0.1, 0.15) is 18.7 Å². The van der Waals surface area contributed by atoms with Gasteiger partial charge in [-0.05, 0) is 44.0 Å². The Balaban J connectivity index is 1.31. The summed E-state index contributed by atoms with van der Waals surface area (Å²) >= 11 is 1.45. The number of hydrogen-bond donors (Lipinski definition) is 1. The summed E-state index contributed by atoms with van der Waals surface area (Å²) in [6.45, 7) is 3.75. The van der Waals surface area contributed by atoms with E-state index in [0.717, 1.165) is 48.1 Å². The van der Waals surface area contributed by atoms with Gasteiger partial charge in [0.25, 0.3) is 0 Å². The van der Waals surface area contributed by atoms with Gasteiger partial charge >= 0.3 is 0 Å². The molecule has 0 saturated carbocycles. The number of rotatable bonds is 4. The van der Waals surface area contributed by atoms with Crippen molar-refractivity contribution in [2.75, 3.05) is 23.3 Å². The van der Waals surface area contributed by atoms with E-state index in [9.17, 15) is 4.39 Å². The first kappa shape index (κ1) is 17.9. The number of nitrogens with zero attached hydrogens (tertiary/aromatic N) is 7. The number of nitrogens with one attached hydrogen (secondary N) is 1. The molecule has 29 heavy (non-hydrogen) atoms. The van der Waals surface area contributed by atoms with Crippen molar-refractivity contribution in [3.63, 3.8) is 0 Å². The summed E-state index contributed by atoms with van der Waals surface area (Å²) in [4.78, 5) is 15.6. The third kappa shape index (κ3) is 3.63. The number of aromatic nitrogens is 6. The SMILES string of the molecule is Cc1nsc(N2CCC(Nc3nc4cncc(-c5ccc(F)cc5)n4n3)CC2)n1. The molecule has 1 fully saturated rings. The average Bonchev–Trinajstić information content (AvgIpc) is 3.35. The molecule has 0 bridgehead atoms. The number of hydrogen-bond acceptors (Lipinski definition) is 8. The highest BCUT2D eigenvalue weighted by Gasteiger charge is 2.22. The Kier molecular flexibility index (Phi) is 4.55. The minimum Gasteiger partial charge on any atom is -0.350 e. The number of halogens is 1. The van der Waals surface area contributed by atoms with Gasteiger partial charge in [-0.3, -0.25) is 4.98 Å². The molecule has 1 aliphatic rings. The van der Waals surface area contributed by atoms with Crippen molar-refractivity contribution in [3.05, 3.63) is 48.3 Å². The quantitative estimate of drug-likeness (QED) is 0.553. The van der Waals surface area contributed by atoms with Crippen LogP contribution in [0.5, 0.6) is 0 Å². The summed E-state index contributed by atoms with van der Waals surface area (Å²) in [5, 5.41) is 9.05. The Labute approximate surface area is 170 Å². The molecule has 148 valence electrons. The highest BCUT2D eigenvalue weighted by Crippen LogP contribution is 2.24. The van der Waals surface area contributed by atoms with Crippen LogP contribution in [0.2, 0.25) is 0 Å². The van der Waals surface area contributed by atoms with Crippen LogP contribution in [0, 0.1) is 12.7 Å². The predicted molar refractivity (Wildman–Crippen MR) is 110 cm³/mol. The summed E-state index contributed by atoms with van der Waals surface area (Å²) in [5.41, 5.74) is 2.25. The molecule has 4 aromatic rings. The average molecular weight is 410 g/mol.